The number of hydrogen-bond donors (Lipinski definition) is 2. The average molecular weight is 306 g/mol. The molecule has 2 rings (SSSR count). The number of rotatable bonds is 3. The smallest absolute Gasteiger partial charge is 0.352 e. The molecule has 0 spiro atoms. The van der Waals surface area contributed by atoms with Crippen LogP contribution in [0.2, 0.25) is 0 Å². The highest BCUT2D eigenvalue weighted by Gasteiger charge is 2.41. The van der Waals surface area contributed by atoms with E-state index in [2.05, 4.69) is 17.6 Å². The number of nitrogens with one attached hydrogen (secondary N) is 2. The zero-order chi connectivity index (χ0) is 15.5. The number of amides is 1. The summed E-state index contributed by atoms with van der Waals surface area (Å²) in [5.74, 6) is -0.658. The van der Waals surface area contributed by atoms with Crippen LogP contribution in [0.5, 0.6) is 0 Å². The van der Waals surface area contributed by atoms with Crippen LogP contribution in [-0.2, 0) is 4.79 Å². The summed E-state index contributed by atoms with van der Waals surface area (Å²) >= 11 is 0. The number of hydrogen-bond acceptors (Lipinski definition) is 2. The van der Waals surface area contributed by atoms with E-state index in [9.17, 15) is 18.0 Å². The molecule has 2 unspecified atom stereocenters. The van der Waals surface area contributed by atoms with E-state index in [1.807, 2.05) is 0 Å². The van der Waals surface area contributed by atoms with Gasteiger partial charge in [0.25, 0.3) is 0 Å². The van der Waals surface area contributed by atoms with Crippen molar-refractivity contribution >= 4 is 5.91 Å². The molecule has 122 valence electrons. The van der Waals surface area contributed by atoms with E-state index in [0.717, 1.165) is 25.8 Å². The first-order valence-corrected chi connectivity index (χ1v) is 8.00. The van der Waals surface area contributed by atoms with E-state index >= 15 is 0 Å². The predicted molar refractivity (Wildman–Crippen MR) is 74.7 cm³/mol. The first-order chi connectivity index (χ1) is 9.90. The van der Waals surface area contributed by atoms with Crippen LogP contribution in [-0.4, -0.2) is 30.7 Å². The predicted octanol–water partition coefficient (Wildman–Crippen LogP) is 3.00. The van der Waals surface area contributed by atoms with Crippen molar-refractivity contribution in [2.24, 2.45) is 11.8 Å². The van der Waals surface area contributed by atoms with Gasteiger partial charge in [0.1, 0.15) is 0 Å². The maximum Gasteiger partial charge on any atom is 0.391 e. The van der Waals surface area contributed by atoms with Crippen molar-refractivity contribution in [2.45, 2.75) is 70.1 Å². The largest absolute Gasteiger partial charge is 0.391 e. The summed E-state index contributed by atoms with van der Waals surface area (Å²) in [6.45, 7) is 2.97. The zero-order valence-electron chi connectivity index (χ0n) is 12.5. The molecule has 1 amide bonds. The van der Waals surface area contributed by atoms with Crippen molar-refractivity contribution in [1.82, 2.24) is 10.6 Å². The minimum Gasteiger partial charge on any atom is -0.352 e. The van der Waals surface area contributed by atoms with Crippen molar-refractivity contribution in [2.75, 3.05) is 6.54 Å². The van der Waals surface area contributed by atoms with E-state index in [1.54, 1.807) is 0 Å². The molecule has 0 aromatic heterocycles. The van der Waals surface area contributed by atoms with Crippen LogP contribution < -0.4 is 10.6 Å². The number of carbonyl (C=O) groups is 1. The van der Waals surface area contributed by atoms with Gasteiger partial charge in [0.15, 0.2) is 0 Å². The van der Waals surface area contributed by atoms with E-state index in [0.29, 0.717) is 18.8 Å². The monoisotopic (exact) mass is 306 g/mol. The van der Waals surface area contributed by atoms with Gasteiger partial charge in [-0.25, -0.2) is 0 Å². The Morgan fingerprint density at radius 3 is 2.43 bits per heavy atom. The molecule has 3 nitrogen and oxygen atoms in total. The SMILES string of the molecule is CCC1CCNC(C(=O)NC2CCC(C(F)(F)F)CC2)C1. The maximum atomic E-state index is 12.6. The summed E-state index contributed by atoms with van der Waals surface area (Å²) in [5, 5.41) is 6.15. The average Bonchev–Trinajstić information content (AvgIpc) is 2.47. The summed E-state index contributed by atoms with van der Waals surface area (Å²) in [7, 11) is 0. The molecule has 1 aliphatic carbocycles. The highest BCUT2D eigenvalue weighted by molar-refractivity contribution is 5.82. The first-order valence-electron chi connectivity index (χ1n) is 8.00. The van der Waals surface area contributed by atoms with Crippen molar-refractivity contribution in [3.63, 3.8) is 0 Å². The van der Waals surface area contributed by atoms with E-state index in [-0.39, 0.29) is 30.8 Å². The highest BCUT2D eigenvalue weighted by Crippen LogP contribution is 2.37. The quantitative estimate of drug-likeness (QED) is 0.841. The Labute approximate surface area is 124 Å². The van der Waals surface area contributed by atoms with Crippen molar-refractivity contribution < 1.29 is 18.0 Å². The van der Waals surface area contributed by atoms with Gasteiger partial charge in [-0.1, -0.05) is 13.3 Å². The number of halogens is 3. The second-order valence-corrected chi connectivity index (χ2v) is 6.40. The summed E-state index contributed by atoms with van der Waals surface area (Å²) < 4.78 is 37.8. The van der Waals surface area contributed by atoms with Crippen LogP contribution in [0.3, 0.4) is 0 Å². The van der Waals surface area contributed by atoms with Crippen molar-refractivity contribution in [3.8, 4) is 0 Å². The number of carbonyl (C=O) groups excluding carboxylic acids is 1. The molecule has 6 heteroatoms. The molecule has 1 aliphatic heterocycles. The molecule has 2 N–H and O–H groups in total. The second kappa shape index (κ2) is 6.99. The maximum absolute atomic E-state index is 12.6. The van der Waals surface area contributed by atoms with Crippen LogP contribution in [0.25, 0.3) is 0 Å². The molecule has 0 aromatic carbocycles. The van der Waals surface area contributed by atoms with Gasteiger partial charge in [0.05, 0.1) is 12.0 Å². The lowest BCUT2D eigenvalue weighted by atomic mass is 9.85. The molecule has 2 atom stereocenters. The van der Waals surface area contributed by atoms with E-state index < -0.39 is 12.1 Å². The third-order valence-corrected chi connectivity index (χ3v) is 4.94. The van der Waals surface area contributed by atoms with Crippen LogP contribution in [0.15, 0.2) is 0 Å². The Morgan fingerprint density at radius 1 is 1.19 bits per heavy atom. The van der Waals surface area contributed by atoms with Crippen molar-refractivity contribution in [1.29, 1.82) is 0 Å². The lowest BCUT2D eigenvalue weighted by Gasteiger charge is -2.33. The van der Waals surface area contributed by atoms with Crippen LogP contribution in [0.1, 0.15) is 51.9 Å². The fraction of sp³-hybridized carbons (Fsp3) is 0.933. The number of alkyl halides is 3. The van der Waals surface area contributed by atoms with Crippen LogP contribution in [0, 0.1) is 11.8 Å². The Balaban J connectivity index is 1.76. The lowest BCUT2D eigenvalue weighted by molar-refractivity contribution is -0.182. The molecule has 1 saturated carbocycles. The molecular formula is C15H25F3N2O. The Bertz CT molecular complexity index is 351. The molecule has 21 heavy (non-hydrogen) atoms. The molecular weight excluding hydrogens is 281 g/mol. The van der Waals surface area contributed by atoms with Gasteiger partial charge in [-0.3, -0.25) is 4.79 Å². The fourth-order valence-corrected chi connectivity index (χ4v) is 3.43. The fourth-order valence-electron chi connectivity index (χ4n) is 3.43. The van der Waals surface area contributed by atoms with Crippen molar-refractivity contribution in [3.05, 3.63) is 0 Å². The molecule has 0 aromatic rings. The number of piperidine rings is 1. The van der Waals surface area contributed by atoms with Crippen LogP contribution >= 0.6 is 0 Å². The van der Waals surface area contributed by atoms with Gasteiger partial charge in [-0.05, 0) is 51.0 Å². The summed E-state index contributed by atoms with van der Waals surface area (Å²) in [4.78, 5) is 12.2. The zero-order valence-corrected chi connectivity index (χ0v) is 12.5. The highest BCUT2D eigenvalue weighted by atomic mass is 19.4. The summed E-state index contributed by atoms with van der Waals surface area (Å²) in [6, 6.07) is -0.274. The van der Waals surface area contributed by atoms with E-state index in [4.69, 9.17) is 0 Å². The summed E-state index contributed by atoms with van der Waals surface area (Å²) in [6.07, 6.45) is 0.0293. The molecule has 0 radical (unpaired) electrons. The topological polar surface area (TPSA) is 41.1 Å². The second-order valence-electron chi connectivity index (χ2n) is 6.40. The standard InChI is InChI=1S/C15H25F3N2O/c1-2-10-7-8-19-13(9-10)14(21)20-12-5-3-11(4-6-12)15(16,17)18/h10-13,19H,2-9H2,1H3,(H,20,21). The van der Waals surface area contributed by atoms with Gasteiger partial charge in [-0.2, -0.15) is 13.2 Å². The van der Waals surface area contributed by atoms with Gasteiger partial charge in [0, 0.05) is 6.04 Å². The third-order valence-electron chi connectivity index (χ3n) is 4.94. The first kappa shape index (κ1) is 16.6. The Kier molecular flexibility index (Phi) is 5.52. The van der Waals surface area contributed by atoms with Crippen LogP contribution in [0.4, 0.5) is 13.2 Å². The van der Waals surface area contributed by atoms with E-state index in [1.165, 1.54) is 0 Å². The molecule has 2 aliphatic rings. The molecule has 1 heterocycles. The van der Waals surface area contributed by atoms with Gasteiger partial charge in [0.2, 0.25) is 5.91 Å². The normalized spacial score (nSPS) is 34.5. The lowest BCUT2D eigenvalue weighted by Crippen LogP contribution is -2.52. The molecule has 0 bridgehead atoms. The molecule has 2 fully saturated rings. The van der Waals surface area contributed by atoms with Gasteiger partial charge >= 0.3 is 6.18 Å². The summed E-state index contributed by atoms with van der Waals surface area (Å²) in [5.41, 5.74) is 0. The minimum atomic E-state index is -4.09. The van der Waals surface area contributed by atoms with Gasteiger partial charge < -0.3 is 10.6 Å². The Morgan fingerprint density at radius 2 is 1.86 bits per heavy atom. The minimum absolute atomic E-state index is 0.0383. The van der Waals surface area contributed by atoms with Gasteiger partial charge in [-0.15, -0.1) is 0 Å². The third kappa shape index (κ3) is 4.59. The molecule has 1 saturated heterocycles. The Hall–Kier alpha value is -0.780.